The van der Waals surface area contributed by atoms with Crippen molar-refractivity contribution in [3.63, 3.8) is 0 Å². The third-order valence-corrected chi connectivity index (χ3v) is 5.01. The minimum Gasteiger partial charge on any atom is -0.383 e. The molecule has 4 nitrogen and oxygen atoms in total. The van der Waals surface area contributed by atoms with E-state index < -0.39 is 0 Å². The van der Waals surface area contributed by atoms with Crippen LogP contribution in [0.5, 0.6) is 0 Å². The third kappa shape index (κ3) is 4.82. The first kappa shape index (κ1) is 19.0. The lowest BCUT2D eigenvalue weighted by Crippen LogP contribution is -2.29. The summed E-state index contributed by atoms with van der Waals surface area (Å²) in [5, 5.41) is 10.1. The number of thiol groups is 1. The van der Waals surface area contributed by atoms with Crippen LogP contribution in [0.15, 0.2) is 29.8 Å². The smallest absolute Gasteiger partial charge is 0.160 e. The molecule has 0 amide bonds. The van der Waals surface area contributed by atoms with Crippen LogP contribution in [0.3, 0.4) is 0 Å². The highest BCUT2D eigenvalue weighted by Gasteiger charge is 2.21. The van der Waals surface area contributed by atoms with Gasteiger partial charge in [0.15, 0.2) is 5.78 Å². The van der Waals surface area contributed by atoms with Gasteiger partial charge in [-0.15, -0.1) is 11.3 Å². The van der Waals surface area contributed by atoms with Gasteiger partial charge in [0, 0.05) is 52.8 Å². The van der Waals surface area contributed by atoms with Crippen molar-refractivity contribution in [3.05, 3.63) is 35.3 Å². The van der Waals surface area contributed by atoms with Gasteiger partial charge < -0.3 is 10.6 Å². The first-order chi connectivity index (χ1) is 11.6. The molecule has 1 aliphatic rings. The highest BCUT2D eigenvalue weighted by atomic mass is 32.1. The van der Waals surface area contributed by atoms with Crippen LogP contribution in [0, 0.1) is 0 Å². The second-order valence-electron chi connectivity index (χ2n) is 5.53. The predicted molar refractivity (Wildman–Crippen MR) is 107 cm³/mol. The zero-order valence-electron chi connectivity index (χ0n) is 14.4. The van der Waals surface area contributed by atoms with E-state index in [4.69, 9.17) is 0 Å². The van der Waals surface area contributed by atoms with Crippen LogP contribution >= 0.6 is 24.0 Å². The Balaban J connectivity index is 0.00000100. The number of benzene rings is 1. The van der Waals surface area contributed by atoms with E-state index >= 15 is 0 Å². The number of aromatic nitrogens is 1. The van der Waals surface area contributed by atoms with Crippen LogP contribution in [0.25, 0.3) is 10.6 Å². The normalized spacial score (nSPS) is 19.5. The van der Waals surface area contributed by atoms with Crippen LogP contribution < -0.4 is 10.6 Å². The maximum Gasteiger partial charge on any atom is 0.160 e. The van der Waals surface area contributed by atoms with Crippen molar-refractivity contribution in [2.45, 2.75) is 38.5 Å². The summed E-state index contributed by atoms with van der Waals surface area (Å²) >= 11 is 6.04. The number of ketones is 1. The second kappa shape index (κ2) is 9.20. The summed E-state index contributed by atoms with van der Waals surface area (Å²) < 4.78 is 0. The van der Waals surface area contributed by atoms with Crippen LogP contribution in [0.2, 0.25) is 0 Å². The molecule has 0 saturated carbocycles. The molecule has 0 radical (unpaired) electrons. The Morgan fingerprint density at radius 3 is 2.83 bits per heavy atom. The summed E-state index contributed by atoms with van der Waals surface area (Å²) in [6.45, 7) is 7.41. The molecule has 2 atom stereocenters. The monoisotopic (exact) mass is 363 g/mol. The molecule has 3 rings (SSSR count). The zero-order valence-corrected chi connectivity index (χ0v) is 16.1. The van der Waals surface area contributed by atoms with E-state index in [1.165, 1.54) is 0 Å². The summed E-state index contributed by atoms with van der Waals surface area (Å²) in [6.07, 6.45) is 2.83. The second-order valence-corrected chi connectivity index (χ2v) is 7.15. The fourth-order valence-electron chi connectivity index (χ4n) is 2.69. The van der Waals surface area contributed by atoms with Crippen molar-refractivity contribution < 1.29 is 4.79 Å². The Labute approximate surface area is 153 Å². The molecule has 2 unspecified atom stereocenters. The van der Waals surface area contributed by atoms with Crippen LogP contribution in [0.1, 0.15) is 37.6 Å². The predicted octanol–water partition coefficient (Wildman–Crippen LogP) is 4.11. The Bertz CT molecular complexity index is 658. The van der Waals surface area contributed by atoms with Gasteiger partial charge >= 0.3 is 0 Å². The number of hydrogen-bond donors (Lipinski definition) is 3. The standard InChI is InChI=1S/C16H19N3OS2.C2H6/c1-10(20)14-3-2-11(7-15(14)16-17-4-5-22-16)18-8-12-6-13(21)9-19-12;1-2/h2-5,7,12-13,18-19,21H,6,8-9H2,1H3;1-2H3. The molecule has 1 aromatic heterocycles. The molecule has 0 spiro atoms. The Morgan fingerprint density at radius 1 is 1.46 bits per heavy atom. The molecule has 1 aliphatic heterocycles. The number of Topliss-reactive ketones (excluding diaryl/α,β-unsaturated/α-hetero) is 1. The van der Waals surface area contributed by atoms with E-state index in [9.17, 15) is 4.79 Å². The molecule has 2 aromatic rings. The maximum atomic E-state index is 11.8. The average molecular weight is 364 g/mol. The number of rotatable bonds is 5. The largest absolute Gasteiger partial charge is 0.383 e. The third-order valence-electron chi connectivity index (χ3n) is 3.81. The lowest BCUT2D eigenvalue weighted by Gasteiger charge is -2.14. The molecule has 1 saturated heterocycles. The van der Waals surface area contributed by atoms with E-state index in [-0.39, 0.29) is 5.78 Å². The number of nitrogens with zero attached hydrogens (tertiary/aromatic N) is 1. The molecule has 2 heterocycles. The molecule has 130 valence electrons. The summed E-state index contributed by atoms with van der Waals surface area (Å²) in [6, 6.07) is 6.30. The summed E-state index contributed by atoms with van der Waals surface area (Å²) in [5.41, 5.74) is 2.63. The van der Waals surface area contributed by atoms with Crippen LogP contribution in [-0.2, 0) is 0 Å². The van der Waals surface area contributed by atoms with Gasteiger partial charge in [-0.1, -0.05) is 13.8 Å². The van der Waals surface area contributed by atoms with E-state index in [0.29, 0.717) is 11.3 Å². The maximum absolute atomic E-state index is 11.8. The molecule has 0 aliphatic carbocycles. The number of anilines is 1. The van der Waals surface area contributed by atoms with Crippen molar-refractivity contribution in [1.82, 2.24) is 10.3 Å². The minimum atomic E-state index is 0.0622. The van der Waals surface area contributed by atoms with Crippen molar-refractivity contribution in [3.8, 4) is 10.6 Å². The van der Waals surface area contributed by atoms with Gasteiger partial charge in [-0.05, 0) is 31.5 Å². The van der Waals surface area contributed by atoms with Gasteiger partial charge in [0.2, 0.25) is 0 Å². The molecular weight excluding hydrogens is 338 g/mol. The van der Waals surface area contributed by atoms with E-state index in [2.05, 4.69) is 28.2 Å². The van der Waals surface area contributed by atoms with Crippen molar-refractivity contribution in [2.75, 3.05) is 18.4 Å². The van der Waals surface area contributed by atoms with E-state index in [1.807, 2.05) is 37.4 Å². The molecule has 1 aromatic carbocycles. The van der Waals surface area contributed by atoms with Gasteiger partial charge in [-0.25, -0.2) is 4.98 Å². The Kier molecular flexibility index (Phi) is 7.27. The van der Waals surface area contributed by atoms with Crippen molar-refractivity contribution >= 4 is 35.4 Å². The van der Waals surface area contributed by atoms with Gasteiger partial charge in [0.05, 0.1) is 0 Å². The number of carbonyl (C=O) groups excluding carboxylic acids is 1. The van der Waals surface area contributed by atoms with Crippen LogP contribution in [0.4, 0.5) is 5.69 Å². The zero-order chi connectivity index (χ0) is 17.5. The summed E-state index contributed by atoms with van der Waals surface area (Å²) in [4.78, 5) is 16.1. The number of thiazole rings is 1. The fourth-order valence-corrected chi connectivity index (χ4v) is 3.72. The lowest BCUT2D eigenvalue weighted by atomic mass is 10.0. The molecule has 2 N–H and O–H groups in total. The van der Waals surface area contributed by atoms with Crippen LogP contribution in [-0.4, -0.2) is 35.1 Å². The highest BCUT2D eigenvalue weighted by Crippen LogP contribution is 2.29. The van der Waals surface area contributed by atoms with Crippen molar-refractivity contribution in [1.29, 1.82) is 0 Å². The Hall–Kier alpha value is -1.37. The SMILES string of the molecule is CC.CC(=O)c1ccc(NCC2CC(S)CN2)cc1-c1nccs1. The molecule has 24 heavy (non-hydrogen) atoms. The summed E-state index contributed by atoms with van der Waals surface area (Å²) in [7, 11) is 0. The number of nitrogens with one attached hydrogen (secondary N) is 2. The molecule has 1 fully saturated rings. The average Bonchev–Trinajstić information content (AvgIpc) is 3.26. The fraction of sp³-hybridized carbons (Fsp3) is 0.444. The van der Waals surface area contributed by atoms with Gasteiger partial charge in [0.1, 0.15) is 5.01 Å². The molecule has 0 bridgehead atoms. The summed E-state index contributed by atoms with van der Waals surface area (Å²) in [5.74, 6) is 0.0622. The van der Waals surface area contributed by atoms with Gasteiger partial charge in [-0.3, -0.25) is 4.79 Å². The quantitative estimate of drug-likeness (QED) is 0.553. The molecule has 6 heteroatoms. The van der Waals surface area contributed by atoms with E-state index in [0.717, 1.165) is 41.3 Å². The first-order valence-corrected chi connectivity index (χ1v) is 9.73. The lowest BCUT2D eigenvalue weighted by molar-refractivity contribution is 0.101. The Morgan fingerprint density at radius 2 is 2.25 bits per heavy atom. The van der Waals surface area contributed by atoms with Gasteiger partial charge in [0.25, 0.3) is 0 Å². The van der Waals surface area contributed by atoms with Crippen molar-refractivity contribution in [2.24, 2.45) is 0 Å². The van der Waals surface area contributed by atoms with Gasteiger partial charge in [-0.2, -0.15) is 12.6 Å². The number of carbonyl (C=O) groups is 1. The van der Waals surface area contributed by atoms with E-state index in [1.54, 1.807) is 24.5 Å². The first-order valence-electron chi connectivity index (χ1n) is 8.33. The topological polar surface area (TPSA) is 54.0 Å². The highest BCUT2D eigenvalue weighted by molar-refractivity contribution is 7.81. The minimum absolute atomic E-state index is 0.0622. The molecular formula is C18H25N3OS2. The number of hydrogen-bond acceptors (Lipinski definition) is 6.